The van der Waals surface area contributed by atoms with Gasteiger partial charge in [0.25, 0.3) is 0 Å². The van der Waals surface area contributed by atoms with Gasteiger partial charge >= 0.3 is 0 Å². The molecule has 0 amide bonds. The van der Waals surface area contributed by atoms with Crippen LogP contribution in [-0.2, 0) is 13.1 Å². The Kier molecular flexibility index (Phi) is 2.79. The van der Waals surface area contributed by atoms with Crippen molar-refractivity contribution in [2.24, 2.45) is 0 Å². The van der Waals surface area contributed by atoms with Crippen molar-refractivity contribution in [3.63, 3.8) is 0 Å². The highest BCUT2D eigenvalue weighted by Crippen LogP contribution is 2.32. The number of nitrogens with zero attached hydrogens (tertiary/aromatic N) is 1. The molecular weight excluding hydrogens is 228 g/mol. The predicted octanol–water partition coefficient (Wildman–Crippen LogP) is 3.29. The number of hydrogen-bond acceptors (Lipinski definition) is 3. The van der Waals surface area contributed by atoms with Gasteiger partial charge in [-0.25, -0.2) is 4.31 Å². The van der Waals surface area contributed by atoms with Crippen LogP contribution in [0.1, 0.15) is 11.1 Å². The molecule has 0 saturated heterocycles. The molecular formula is C14H14N2S. The normalized spacial score (nSPS) is 14.8. The van der Waals surface area contributed by atoms with Gasteiger partial charge in [0.05, 0.1) is 0 Å². The molecule has 2 nitrogen and oxygen atoms in total. The summed E-state index contributed by atoms with van der Waals surface area (Å²) in [4.78, 5) is 1.24. The molecule has 86 valence electrons. The minimum atomic E-state index is 0.819. The maximum absolute atomic E-state index is 5.68. The van der Waals surface area contributed by atoms with Crippen LogP contribution in [0.5, 0.6) is 0 Å². The van der Waals surface area contributed by atoms with Crippen LogP contribution in [0.3, 0.4) is 0 Å². The number of nitrogens with two attached hydrogens (primary N) is 1. The summed E-state index contributed by atoms with van der Waals surface area (Å²) in [5, 5.41) is 0. The molecule has 1 heterocycles. The standard InChI is InChI=1S/C14H14N2S/c15-13-5-7-14(8-6-13)17-16-9-11-3-1-2-4-12(11)10-16/h1-8H,9-10,15H2. The second-order valence-corrected chi connectivity index (χ2v) is 5.40. The predicted molar refractivity (Wildman–Crippen MR) is 72.4 cm³/mol. The van der Waals surface area contributed by atoms with Gasteiger partial charge in [-0.3, -0.25) is 0 Å². The van der Waals surface area contributed by atoms with E-state index in [1.807, 2.05) is 12.1 Å². The summed E-state index contributed by atoms with van der Waals surface area (Å²) in [7, 11) is 0. The van der Waals surface area contributed by atoms with Gasteiger partial charge in [-0.1, -0.05) is 24.3 Å². The van der Waals surface area contributed by atoms with Gasteiger partial charge in [0, 0.05) is 23.7 Å². The Labute approximate surface area is 106 Å². The highest BCUT2D eigenvalue weighted by molar-refractivity contribution is 7.97. The first kappa shape index (κ1) is 10.7. The van der Waals surface area contributed by atoms with Gasteiger partial charge in [-0.2, -0.15) is 0 Å². The Morgan fingerprint density at radius 2 is 1.47 bits per heavy atom. The zero-order valence-corrected chi connectivity index (χ0v) is 10.3. The zero-order chi connectivity index (χ0) is 11.7. The highest BCUT2D eigenvalue weighted by atomic mass is 32.2. The van der Waals surface area contributed by atoms with Gasteiger partial charge in [-0.15, -0.1) is 0 Å². The minimum Gasteiger partial charge on any atom is -0.399 e. The second kappa shape index (κ2) is 4.43. The number of anilines is 1. The van der Waals surface area contributed by atoms with E-state index >= 15 is 0 Å². The Morgan fingerprint density at radius 3 is 2.06 bits per heavy atom. The fourth-order valence-electron chi connectivity index (χ4n) is 2.04. The molecule has 2 aromatic carbocycles. The fraction of sp³-hybridized carbons (Fsp3) is 0.143. The monoisotopic (exact) mass is 242 g/mol. The fourth-order valence-corrected chi connectivity index (χ4v) is 3.01. The Balaban J connectivity index is 1.71. The summed E-state index contributed by atoms with van der Waals surface area (Å²) < 4.78 is 2.37. The van der Waals surface area contributed by atoms with Gasteiger partial charge < -0.3 is 5.73 Å². The molecule has 1 aliphatic rings. The van der Waals surface area contributed by atoms with E-state index in [2.05, 4.69) is 40.7 Å². The largest absolute Gasteiger partial charge is 0.399 e. The summed E-state index contributed by atoms with van der Waals surface area (Å²) in [5.74, 6) is 0. The van der Waals surface area contributed by atoms with Crippen LogP contribution in [0.2, 0.25) is 0 Å². The summed E-state index contributed by atoms with van der Waals surface area (Å²) in [6.07, 6.45) is 0. The molecule has 2 aromatic rings. The molecule has 0 bridgehead atoms. The third-order valence-corrected chi connectivity index (χ3v) is 3.93. The zero-order valence-electron chi connectivity index (χ0n) is 9.47. The van der Waals surface area contributed by atoms with Gasteiger partial charge in [0.15, 0.2) is 0 Å². The van der Waals surface area contributed by atoms with Crippen molar-refractivity contribution in [3.8, 4) is 0 Å². The summed E-state index contributed by atoms with van der Waals surface area (Å²) in [6.45, 7) is 2.04. The molecule has 3 rings (SSSR count). The van der Waals surface area contributed by atoms with E-state index in [4.69, 9.17) is 5.73 Å². The molecule has 0 atom stereocenters. The highest BCUT2D eigenvalue weighted by Gasteiger charge is 2.18. The molecule has 17 heavy (non-hydrogen) atoms. The number of rotatable bonds is 2. The Morgan fingerprint density at radius 1 is 0.882 bits per heavy atom. The van der Waals surface area contributed by atoms with Gasteiger partial charge in [0.1, 0.15) is 0 Å². The minimum absolute atomic E-state index is 0.819. The molecule has 0 saturated carbocycles. The van der Waals surface area contributed by atoms with Crippen LogP contribution in [0.15, 0.2) is 53.4 Å². The van der Waals surface area contributed by atoms with E-state index in [0.29, 0.717) is 0 Å². The molecule has 0 fully saturated rings. The molecule has 2 N–H and O–H groups in total. The molecule has 0 radical (unpaired) electrons. The lowest BCUT2D eigenvalue weighted by Crippen LogP contribution is -2.05. The van der Waals surface area contributed by atoms with Crippen LogP contribution in [-0.4, -0.2) is 4.31 Å². The molecule has 0 unspecified atom stereocenters. The van der Waals surface area contributed by atoms with E-state index in [0.717, 1.165) is 18.8 Å². The SMILES string of the molecule is Nc1ccc(SN2Cc3ccccc3C2)cc1. The second-order valence-electron chi connectivity index (χ2n) is 4.23. The lowest BCUT2D eigenvalue weighted by molar-refractivity contribution is 0.509. The maximum atomic E-state index is 5.68. The van der Waals surface area contributed by atoms with Gasteiger partial charge in [-0.05, 0) is 47.3 Å². The van der Waals surface area contributed by atoms with Crippen LogP contribution < -0.4 is 5.73 Å². The topological polar surface area (TPSA) is 29.3 Å². The molecule has 0 aromatic heterocycles. The first-order chi connectivity index (χ1) is 8.31. The van der Waals surface area contributed by atoms with Crippen LogP contribution in [0.25, 0.3) is 0 Å². The van der Waals surface area contributed by atoms with E-state index < -0.39 is 0 Å². The van der Waals surface area contributed by atoms with E-state index in [1.54, 1.807) is 11.9 Å². The van der Waals surface area contributed by atoms with Crippen molar-refractivity contribution in [1.82, 2.24) is 4.31 Å². The van der Waals surface area contributed by atoms with Gasteiger partial charge in [0.2, 0.25) is 0 Å². The summed E-state index contributed by atoms with van der Waals surface area (Å²) in [5.41, 5.74) is 9.38. The van der Waals surface area contributed by atoms with Crippen molar-refractivity contribution >= 4 is 17.6 Å². The van der Waals surface area contributed by atoms with Crippen molar-refractivity contribution in [2.75, 3.05) is 5.73 Å². The summed E-state index contributed by atoms with van der Waals surface area (Å²) in [6, 6.07) is 16.7. The van der Waals surface area contributed by atoms with E-state index in [1.165, 1.54) is 16.0 Å². The van der Waals surface area contributed by atoms with Crippen LogP contribution >= 0.6 is 11.9 Å². The molecule has 3 heteroatoms. The number of fused-ring (bicyclic) bond motifs is 1. The van der Waals surface area contributed by atoms with Crippen molar-refractivity contribution in [2.45, 2.75) is 18.0 Å². The molecule has 1 aliphatic heterocycles. The van der Waals surface area contributed by atoms with E-state index in [-0.39, 0.29) is 0 Å². The lowest BCUT2D eigenvalue weighted by Gasteiger charge is -2.13. The van der Waals surface area contributed by atoms with Crippen LogP contribution in [0.4, 0.5) is 5.69 Å². The average molecular weight is 242 g/mol. The third kappa shape index (κ3) is 2.30. The average Bonchev–Trinajstić information content (AvgIpc) is 2.74. The Hall–Kier alpha value is -1.45. The first-order valence-electron chi connectivity index (χ1n) is 5.66. The summed E-state index contributed by atoms with van der Waals surface area (Å²) >= 11 is 1.79. The smallest absolute Gasteiger partial charge is 0.0351 e. The quantitative estimate of drug-likeness (QED) is 0.647. The number of hydrogen-bond donors (Lipinski definition) is 1. The molecule has 0 spiro atoms. The lowest BCUT2D eigenvalue weighted by atomic mass is 10.1. The maximum Gasteiger partial charge on any atom is 0.0351 e. The first-order valence-corrected chi connectivity index (χ1v) is 6.44. The van der Waals surface area contributed by atoms with Crippen molar-refractivity contribution < 1.29 is 0 Å². The van der Waals surface area contributed by atoms with Crippen molar-refractivity contribution in [1.29, 1.82) is 0 Å². The molecule has 0 aliphatic carbocycles. The van der Waals surface area contributed by atoms with E-state index in [9.17, 15) is 0 Å². The van der Waals surface area contributed by atoms with Crippen molar-refractivity contribution in [3.05, 3.63) is 59.7 Å². The number of benzene rings is 2. The van der Waals surface area contributed by atoms with Crippen LogP contribution in [0, 0.1) is 0 Å². The third-order valence-electron chi connectivity index (χ3n) is 2.93. The number of nitrogen functional groups attached to an aromatic ring is 1. The Bertz CT molecular complexity index is 497.